The number of nitrogens with two attached hydrogens (primary N) is 1. The van der Waals surface area contributed by atoms with E-state index in [9.17, 15) is 4.79 Å². The highest BCUT2D eigenvalue weighted by Crippen LogP contribution is 2.17. The zero-order valence-electron chi connectivity index (χ0n) is 10.4. The Kier molecular flexibility index (Phi) is 4.07. The molecule has 3 nitrogen and oxygen atoms in total. The number of anilines is 1. The van der Waals surface area contributed by atoms with Gasteiger partial charge in [0.2, 0.25) is 5.91 Å². The van der Waals surface area contributed by atoms with Crippen LogP contribution in [0.1, 0.15) is 25.0 Å². The molecule has 0 bridgehead atoms. The second-order valence-corrected chi connectivity index (χ2v) is 4.46. The van der Waals surface area contributed by atoms with Crippen LogP contribution >= 0.6 is 0 Å². The lowest BCUT2D eigenvalue weighted by Crippen LogP contribution is -2.34. The van der Waals surface area contributed by atoms with Crippen molar-refractivity contribution in [2.75, 3.05) is 5.32 Å². The van der Waals surface area contributed by atoms with E-state index in [0.717, 1.165) is 16.8 Å². The molecule has 2 atom stereocenters. The molecular weight excluding hydrogens is 200 g/mol. The average Bonchev–Trinajstić information content (AvgIpc) is 2.22. The van der Waals surface area contributed by atoms with Crippen LogP contribution in [0.3, 0.4) is 0 Å². The van der Waals surface area contributed by atoms with Crippen LogP contribution in [0.2, 0.25) is 0 Å². The molecule has 0 aliphatic carbocycles. The first-order valence-corrected chi connectivity index (χ1v) is 5.55. The minimum Gasteiger partial charge on any atom is -0.327 e. The van der Waals surface area contributed by atoms with Gasteiger partial charge >= 0.3 is 0 Å². The number of carbonyl (C=O) groups excluding carboxylic acids is 1. The van der Waals surface area contributed by atoms with Crippen molar-refractivity contribution in [3.05, 3.63) is 29.3 Å². The van der Waals surface area contributed by atoms with Crippen LogP contribution in [0.4, 0.5) is 5.69 Å². The summed E-state index contributed by atoms with van der Waals surface area (Å²) in [5.41, 5.74) is 8.77. The largest absolute Gasteiger partial charge is 0.327 e. The smallest absolute Gasteiger partial charge is 0.228 e. The molecule has 1 aromatic rings. The molecule has 0 aliphatic heterocycles. The summed E-state index contributed by atoms with van der Waals surface area (Å²) < 4.78 is 0. The highest BCUT2D eigenvalue weighted by molar-refractivity contribution is 5.93. The molecule has 0 radical (unpaired) electrons. The molecule has 1 amide bonds. The SMILES string of the molecule is Cc1ccc(C)c(NC(=O)C(C)C(C)N)c1. The van der Waals surface area contributed by atoms with Gasteiger partial charge < -0.3 is 11.1 Å². The lowest BCUT2D eigenvalue weighted by molar-refractivity contribution is -0.119. The van der Waals surface area contributed by atoms with Gasteiger partial charge in [-0.3, -0.25) is 4.79 Å². The van der Waals surface area contributed by atoms with Gasteiger partial charge in [-0.05, 0) is 38.0 Å². The van der Waals surface area contributed by atoms with Gasteiger partial charge in [0, 0.05) is 11.7 Å². The van der Waals surface area contributed by atoms with Gasteiger partial charge in [0.15, 0.2) is 0 Å². The zero-order chi connectivity index (χ0) is 12.3. The first kappa shape index (κ1) is 12.7. The Morgan fingerprint density at radius 1 is 1.31 bits per heavy atom. The maximum atomic E-state index is 11.8. The zero-order valence-corrected chi connectivity index (χ0v) is 10.4. The third-order valence-corrected chi connectivity index (χ3v) is 2.85. The Morgan fingerprint density at radius 2 is 1.94 bits per heavy atom. The molecule has 1 aromatic carbocycles. The number of nitrogens with one attached hydrogen (secondary N) is 1. The first-order valence-electron chi connectivity index (χ1n) is 5.55. The van der Waals surface area contributed by atoms with E-state index < -0.39 is 0 Å². The molecule has 2 unspecified atom stereocenters. The molecule has 0 fully saturated rings. The molecule has 0 saturated heterocycles. The Balaban J connectivity index is 2.80. The summed E-state index contributed by atoms with van der Waals surface area (Å²) in [5, 5.41) is 2.91. The second-order valence-electron chi connectivity index (χ2n) is 4.46. The summed E-state index contributed by atoms with van der Waals surface area (Å²) in [6, 6.07) is 5.87. The summed E-state index contributed by atoms with van der Waals surface area (Å²) in [4.78, 5) is 11.8. The minimum atomic E-state index is -0.181. The van der Waals surface area contributed by atoms with E-state index in [1.165, 1.54) is 0 Å². The number of benzene rings is 1. The summed E-state index contributed by atoms with van der Waals surface area (Å²) in [5.74, 6) is -0.205. The summed E-state index contributed by atoms with van der Waals surface area (Å²) in [7, 11) is 0. The molecule has 0 saturated carbocycles. The van der Waals surface area contributed by atoms with E-state index in [2.05, 4.69) is 5.32 Å². The van der Waals surface area contributed by atoms with Crippen LogP contribution in [0.25, 0.3) is 0 Å². The first-order chi connectivity index (χ1) is 7.41. The van der Waals surface area contributed by atoms with Gasteiger partial charge in [-0.15, -0.1) is 0 Å². The average molecular weight is 220 g/mol. The molecule has 3 heteroatoms. The summed E-state index contributed by atoms with van der Waals surface area (Å²) in [6.45, 7) is 7.66. The number of hydrogen-bond acceptors (Lipinski definition) is 2. The lowest BCUT2D eigenvalue weighted by Gasteiger charge is -2.16. The standard InChI is InChI=1S/C13H20N2O/c1-8-5-6-9(2)12(7-8)15-13(16)10(3)11(4)14/h5-7,10-11H,14H2,1-4H3,(H,15,16). The van der Waals surface area contributed by atoms with Crippen molar-refractivity contribution in [3.8, 4) is 0 Å². The Bertz CT molecular complexity index is 386. The monoisotopic (exact) mass is 220 g/mol. The van der Waals surface area contributed by atoms with Crippen LogP contribution in [0.5, 0.6) is 0 Å². The fraction of sp³-hybridized carbons (Fsp3) is 0.462. The highest BCUT2D eigenvalue weighted by Gasteiger charge is 2.17. The van der Waals surface area contributed by atoms with Crippen LogP contribution < -0.4 is 11.1 Å². The number of hydrogen-bond donors (Lipinski definition) is 2. The Labute approximate surface area is 97.0 Å². The summed E-state index contributed by atoms with van der Waals surface area (Å²) in [6.07, 6.45) is 0. The number of carbonyl (C=O) groups is 1. The third-order valence-electron chi connectivity index (χ3n) is 2.85. The lowest BCUT2D eigenvalue weighted by atomic mass is 10.0. The molecule has 0 heterocycles. The molecule has 3 N–H and O–H groups in total. The van der Waals surface area contributed by atoms with Crippen molar-refractivity contribution < 1.29 is 4.79 Å². The van der Waals surface area contributed by atoms with Crippen LogP contribution in [0, 0.1) is 19.8 Å². The fourth-order valence-electron chi connectivity index (χ4n) is 1.36. The molecule has 0 aromatic heterocycles. The molecular formula is C13H20N2O. The van der Waals surface area contributed by atoms with Crippen molar-refractivity contribution in [3.63, 3.8) is 0 Å². The maximum Gasteiger partial charge on any atom is 0.228 e. The summed E-state index contributed by atoms with van der Waals surface area (Å²) >= 11 is 0. The van der Waals surface area contributed by atoms with E-state index >= 15 is 0 Å². The topological polar surface area (TPSA) is 55.1 Å². The van der Waals surface area contributed by atoms with E-state index in [4.69, 9.17) is 5.73 Å². The second kappa shape index (κ2) is 5.12. The van der Waals surface area contributed by atoms with Gasteiger partial charge in [0.05, 0.1) is 5.92 Å². The normalized spacial score (nSPS) is 14.3. The van der Waals surface area contributed by atoms with Crippen LogP contribution in [-0.2, 0) is 4.79 Å². The number of rotatable bonds is 3. The molecule has 88 valence electrons. The fourth-order valence-corrected chi connectivity index (χ4v) is 1.36. The third kappa shape index (κ3) is 3.07. The van der Waals surface area contributed by atoms with Crippen molar-refractivity contribution in [2.24, 2.45) is 11.7 Å². The van der Waals surface area contributed by atoms with Crippen molar-refractivity contribution in [2.45, 2.75) is 33.7 Å². The van der Waals surface area contributed by atoms with E-state index in [1.807, 2.05) is 45.9 Å². The van der Waals surface area contributed by atoms with Gasteiger partial charge in [0.25, 0.3) is 0 Å². The Hall–Kier alpha value is -1.35. The molecule has 16 heavy (non-hydrogen) atoms. The van der Waals surface area contributed by atoms with E-state index in [-0.39, 0.29) is 17.9 Å². The predicted molar refractivity (Wildman–Crippen MR) is 67.4 cm³/mol. The van der Waals surface area contributed by atoms with Crippen LogP contribution in [-0.4, -0.2) is 11.9 Å². The van der Waals surface area contributed by atoms with Crippen molar-refractivity contribution in [1.82, 2.24) is 0 Å². The van der Waals surface area contributed by atoms with Gasteiger partial charge in [-0.1, -0.05) is 19.1 Å². The number of aryl methyl sites for hydroxylation is 2. The molecule has 1 rings (SSSR count). The molecule has 0 spiro atoms. The van der Waals surface area contributed by atoms with E-state index in [0.29, 0.717) is 0 Å². The van der Waals surface area contributed by atoms with E-state index in [1.54, 1.807) is 0 Å². The predicted octanol–water partition coefficient (Wildman–Crippen LogP) is 2.23. The van der Waals surface area contributed by atoms with Crippen LogP contribution in [0.15, 0.2) is 18.2 Å². The number of amides is 1. The minimum absolute atomic E-state index is 0.0244. The quantitative estimate of drug-likeness (QED) is 0.820. The highest BCUT2D eigenvalue weighted by atomic mass is 16.1. The van der Waals surface area contributed by atoms with Crippen molar-refractivity contribution in [1.29, 1.82) is 0 Å². The van der Waals surface area contributed by atoms with Gasteiger partial charge in [-0.2, -0.15) is 0 Å². The van der Waals surface area contributed by atoms with Crippen molar-refractivity contribution >= 4 is 11.6 Å². The Morgan fingerprint density at radius 3 is 2.50 bits per heavy atom. The molecule has 0 aliphatic rings. The maximum absolute atomic E-state index is 11.8. The van der Waals surface area contributed by atoms with Gasteiger partial charge in [0.1, 0.15) is 0 Å². The van der Waals surface area contributed by atoms with Gasteiger partial charge in [-0.25, -0.2) is 0 Å².